The summed E-state index contributed by atoms with van der Waals surface area (Å²) in [7, 11) is 0. The highest BCUT2D eigenvalue weighted by atomic mass is 16.5. The number of aliphatic hydroxyl groups is 1. The van der Waals surface area contributed by atoms with Crippen LogP contribution in [0, 0.1) is 23.7 Å². The van der Waals surface area contributed by atoms with E-state index in [0.717, 1.165) is 44.9 Å². The average molecular weight is 377 g/mol. The van der Waals surface area contributed by atoms with Crippen molar-refractivity contribution in [2.24, 2.45) is 23.7 Å². The topological polar surface area (TPSA) is 55.8 Å². The van der Waals surface area contributed by atoms with Crippen LogP contribution >= 0.6 is 0 Å². The van der Waals surface area contributed by atoms with Gasteiger partial charge >= 0.3 is 5.97 Å². The molecule has 3 aliphatic rings. The van der Waals surface area contributed by atoms with Crippen LogP contribution < -0.4 is 0 Å². The number of allylic oxidation sites excluding steroid dienone is 3. The molecule has 4 nitrogen and oxygen atoms in total. The summed E-state index contributed by atoms with van der Waals surface area (Å²) < 4.78 is 11.9. The summed E-state index contributed by atoms with van der Waals surface area (Å²) >= 11 is 0. The molecule has 1 fully saturated rings. The van der Waals surface area contributed by atoms with E-state index in [0.29, 0.717) is 24.4 Å². The zero-order valence-corrected chi connectivity index (χ0v) is 17.1. The third-order valence-electron chi connectivity index (χ3n) is 6.79. The summed E-state index contributed by atoms with van der Waals surface area (Å²) in [4.78, 5) is 12.4. The first kappa shape index (κ1) is 20.6. The summed E-state index contributed by atoms with van der Waals surface area (Å²) in [6.45, 7) is 6.92. The summed E-state index contributed by atoms with van der Waals surface area (Å²) in [6.07, 6.45) is 13.0. The predicted molar refractivity (Wildman–Crippen MR) is 106 cm³/mol. The molecule has 4 heteroatoms. The second-order valence-electron chi connectivity index (χ2n) is 8.72. The molecule has 1 aliphatic heterocycles. The normalized spacial score (nSPS) is 37.3. The van der Waals surface area contributed by atoms with Crippen LogP contribution in [0.2, 0.25) is 0 Å². The molecule has 0 aromatic rings. The molecule has 0 saturated carbocycles. The first-order chi connectivity index (χ1) is 13.0. The lowest BCUT2D eigenvalue weighted by molar-refractivity contribution is -0.158. The number of hydrogen-bond donors (Lipinski definition) is 1. The quantitative estimate of drug-likeness (QED) is 0.697. The van der Waals surface area contributed by atoms with E-state index in [2.05, 4.69) is 25.2 Å². The molecule has 0 radical (unpaired) electrons. The summed E-state index contributed by atoms with van der Waals surface area (Å²) in [5.74, 6) is 1.12. The van der Waals surface area contributed by atoms with Crippen molar-refractivity contribution >= 4 is 5.97 Å². The summed E-state index contributed by atoms with van der Waals surface area (Å²) in [6, 6.07) is 0. The highest BCUT2D eigenvalue weighted by molar-refractivity contribution is 5.72. The number of ether oxygens (including phenoxy) is 2. The number of hydrogen-bond acceptors (Lipinski definition) is 4. The SMILES string of the molecule is CC[C@H](C)C(=O)O[C@H]1CCC=C2C=C[C@H](C)[C@H](CC[C@@H]3C[C@@H](O)CCO3)[C@H]21. The lowest BCUT2D eigenvalue weighted by atomic mass is 9.66. The van der Waals surface area contributed by atoms with Gasteiger partial charge in [0.05, 0.1) is 18.1 Å². The molecule has 0 bridgehead atoms. The number of aliphatic hydroxyl groups excluding tert-OH is 1. The van der Waals surface area contributed by atoms with Crippen LogP contribution in [0.3, 0.4) is 0 Å². The summed E-state index contributed by atoms with van der Waals surface area (Å²) in [5.41, 5.74) is 1.34. The van der Waals surface area contributed by atoms with Crippen molar-refractivity contribution in [3.05, 3.63) is 23.8 Å². The Morgan fingerprint density at radius 1 is 1.37 bits per heavy atom. The minimum atomic E-state index is -0.221. The zero-order chi connectivity index (χ0) is 19.4. The molecule has 0 aromatic carbocycles. The van der Waals surface area contributed by atoms with Gasteiger partial charge in [0.1, 0.15) is 6.10 Å². The minimum absolute atomic E-state index is 0.0123. The van der Waals surface area contributed by atoms with E-state index in [9.17, 15) is 9.90 Å². The van der Waals surface area contributed by atoms with Crippen LogP contribution in [-0.2, 0) is 14.3 Å². The number of carbonyl (C=O) groups excluding carboxylic acids is 1. The predicted octanol–water partition coefficient (Wildman–Crippen LogP) is 4.42. The Bertz CT molecular complexity index is 567. The maximum absolute atomic E-state index is 12.4. The van der Waals surface area contributed by atoms with Crippen LogP contribution in [0.4, 0.5) is 0 Å². The fourth-order valence-electron chi connectivity index (χ4n) is 4.83. The first-order valence-corrected chi connectivity index (χ1v) is 10.9. The molecule has 1 heterocycles. The highest BCUT2D eigenvalue weighted by Gasteiger charge is 2.40. The van der Waals surface area contributed by atoms with Crippen molar-refractivity contribution in [2.45, 2.75) is 84.0 Å². The Labute approximate surface area is 164 Å². The number of rotatable bonds is 6. The third-order valence-corrected chi connectivity index (χ3v) is 6.79. The molecule has 0 spiro atoms. The second-order valence-corrected chi connectivity index (χ2v) is 8.72. The van der Waals surface area contributed by atoms with Gasteiger partial charge in [0.2, 0.25) is 0 Å². The Balaban J connectivity index is 1.69. The number of fused-ring (bicyclic) bond motifs is 1. The van der Waals surface area contributed by atoms with E-state index in [4.69, 9.17) is 9.47 Å². The van der Waals surface area contributed by atoms with Gasteiger partial charge in [-0.15, -0.1) is 0 Å². The molecule has 3 rings (SSSR count). The van der Waals surface area contributed by atoms with Gasteiger partial charge < -0.3 is 14.6 Å². The molecular weight excluding hydrogens is 340 g/mol. The zero-order valence-electron chi connectivity index (χ0n) is 17.1. The van der Waals surface area contributed by atoms with Crippen molar-refractivity contribution in [2.75, 3.05) is 6.61 Å². The van der Waals surface area contributed by atoms with Gasteiger partial charge in [-0.25, -0.2) is 0 Å². The standard InChI is InChI=1S/C23H36O4/c1-4-15(2)23(25)27-21-7-5-6-17-9-8-16(3)20(22(17)21)11-10-19-14-18(24)12-13-26-19/h6,8-9,15-16,18-22,24H,4-5,7,10-14H2,1-3H3/t15-,16-,18-,19+,20-,21-,22-/m0/s1. The van der Waals surface area contributed by atoms with Crippen LogP contribution in [0.1, 0.15) is 65.7 Å². The molecule has 0 amide bonds. The molecule has 2 aliphatic carbocycles. The molecule has 1 saturated heterocycles. The smallest absolute Gasteiger partial charge is 0.308 e. The first-order valence-electron chi connectivity index (χ1n) is 10.9. The van der Waals surface area contributed by atoms with Crippen molar-refractivity contribution in [3.63, 3.8) is 0 Å². The van der Waals surface area contributed by atoms with Crippen LogP contribution in [0.25, 0.3) is 0 Å². The van der Waals surface area contributed by atoms with Crippen molar-refractivity contribution in [3.8, 4) is 0 Å². The van der Waals surface area contributed by atoms with E-state index in [1.54, 1.807) is 0 Å². The molecule has 7 atom stereocenters. The van der Waals surface area contributed by atoms with E-state index in [-0.39, 0.29) is 30.2 Å². The van der Waals surface area contributed by atoms with E-state index < -0.39 is 0 Å². The molecule has 152 valence electrons. The van der Waals surface area contributed by atoms with Crippen molar-refractivity contribution < 1.29 is 19.4 Å². The van der Waals surface area contributed by atoms with Crippen molar-refractivity contribution in [1.82, 2.24) is 0 Å². The second kappa shape index (κ2) is 9.38. The number of carbonyl (C=O) groups is 1. The Morgan fingerprint density at radius 2 is 2.19 bits per heavy atom. The number of esters is 1. The largest absolute Gasteiger partial charge is 0.461 e. The van der Waals surface area contributed by atoms with Gasteiger partial charge in [-0.2, -0.15) is 0 Å². The fourth-order valence-corrected chi connectivity index (χ4v) is 4.83. The lowest BCUT2D eigenvalue weighted by Crippen LogP contribution is -2.40. The van der Waals surface area contributed by atoms with Crippen LogP contribution in [-0.4, -0.2) is 36.0 Å². The van der Waals surface area contributed by atoms with Gasteiger partial charge in [-0.05, 0) is 62.4 Å². The van der Waals surface area contributed by atoms with Crippen molar-refractivity contribution in [1.29, 1.82) is 0 Å². The minimum Gasteiger partial charge on any atom is -0.461 e. The molecule has 1 N–H and O–H groups in total. The van der Waals surface area contributed by atoms with Crippen LogP contribution in [0.15, 0.2) is 23.8 Å². The molecule has 0 unspecified atom stereocenters. The summed E-state index contributed by atoms with van der Waals surface area (Å²) in [5, 5.41) is 9.91. The lowest BCUT2D eigenvalue weighted by Gasteiger charge is -2.42. The van der Waals surface area contributed by atoms with Gasteiger partial charge in [0, 0.05) is 12.5 Å². The fraction of sp³-hybridized carbons (Fsp3) is 0.783. The Morgan fingerprint density at radius 3 is 2.93 bits per heavy atom. The van der Waals surface area contributed by atoms with E-state index in [1.165, 1.54) is 5.57 Å². The molecule has 0 aromatic heterocycles. The van der Waals surface area contributed by atoms with E-state index in [1.807, 2.05) is 13.8 Å². The van der Waals surface area contributed by atoms with Crippen LogP contribution in [0.5, 0.6) is 0 Å². The van der Waals surface area contributed by atoms with Gasteiger partial charge in [-0.3, -0.25) is 4.79 Å². The Hall–Kier alpha value is -1.13. The van der Waals surface area contributed by atoms with E-state index >= 15 is 0 Å². The average Bonchev–Trinajstić information content (AvgIpc) is 2.67. The maximum Gasteiger partial charge on any atom is 0.308 e. The highest BCUT2D eigenvalue weighted by Crippen LogP contribution is 2.44. The third kappa shape index (κ3) is 5.03. The van der Waals surface area contributed by atoms with Gasteiger partial charge in [0.15, 0.2) is 0 Å². The van der Waals surface area contributed by atoms with Gasteiger partial charge in [-0.1, -0.05) is 39.0 Å². The molecular formula is C23H36O4. The maximum atomic E-state index is 12.4. The Kier molecular flexibility index (Phi) is 7.16. The monoisotopic (exact) mass is 376 g/mol. The van der Waals surface area contributed by atoms with Gasteiger partial charge in [0.25, 0.3) is 0 Å². The molecule has 27 heavy (non-hydrogen) atoms.